The van der Waals surface area contributed by atoms with Crippen LogP contribution in [0.1, 0.15) is 5.56 Å². The van der Waals surface area contributed by atoms with Gasteiger partial charge in [0, 0.05) is 32.3 Å². The van der Waals surface area contributed by atoms with Crippen molar-refractivity contribution in [2.45, 2.75) is 6.18 Å². The topological polar surface area (TPSA) is 25.4 Å². The van der Waals surface area contributed by atoms with Gasteiger partial charge in [-0.15, -0.1) is 11.6 Å². The highest BCUT2D eigenvalue weighted by Gasteiger charge is 2.30. The summed E-state index contributed by atoms with van der Waals surface area (Å²) in [5.41, 5.74) is -0.760. The number of methoxy groups -OCH3 is 1. The number of aromatic nitrogens is 1. The summed E-state index contributed by atoms with van der Waals surface area (Å²) in [6, 6.07) is 2.35. The second-order valence-electron chi connectivity index (χ2n) is 3.57. The van der Waals surface area contributed by atoms with Gasteiger partial charge >= 0.3 is 6.18 Å². The maximum absolute atomic E-state index is 12.4. The molecule has 18 heavy (non-hydrogen) atoms. The quantitative estimate of drug-likeness (QED) is 0.750. The summed E-state index contributed by atoms with van der Waals surface area (Å²) in [5, 5.41) is 0. The van der Waals surface area contributed by atoms with E-state index in [1.165, 1.54) is 6.07 Å². The second kappa shape index (κ2) is 6.80. The first-order valence-corrected chi connectivity index (χ1v) is 5.85. The molecule has 1 heterocycles. The van der Waals surface area contributed by atoms with Gasteiger partial charge in [0.15, 0.2) is 0 Å². The molecule has 0 amide bonds. The monoisotopic (exact) mass is 282 g/mol. The molecule has 0 aliphatic carbocycles. The standard InChI is InChI=1S/C11H14ClF3N2O/c1-18-7-6-17(5-4-12)10-3-2-9(8-16-10)11(13,14)15/h2-3,8H,4-7H2,1H3. The largest absolute Gasteiger partial charge is 0.417 e. The molecular weight excluding hydrogens is 269 g/mol. The molecule has 102 valence electrons. The molecule has 0 bridgehead atoms. The molecule has 3 nitrogen and oxygen atoms in total. The lowest BCUT2D eigenvalue weighted by molar-refractivity contribution is -0.137. The molecule has 0 saturated carbocycles. The lowest BCUT2D eigenvalue weighted by atomic mass is 10.2. The van der Waals surface area contributed by atoms with Crippen LogP contribution in [-0.4, -0.2) is 37.7 Å². The Morgan fingerprint density at radius 2 is 2.06 bits per heavy atom. The molecule has 0 atom stereocenters. The van der Waals surface area contributed by atoms with E-state index in [-0.39, 0.29) is 0 Å². The van der Waals surface area contributed by atoms with E-state index in [2.05, 4.69) is 4.98 Å². The Morgan fingerprint density at radius 3 is 2.50 bits per heavy atom. The van der Waals surface area contributed by atoms with E-state index < -0.39 is 11.7 Å². The molecule has 0 spiro atoms. The average molecular weight is 283 g/mol. The van der Waals surface area contributed by atoms with E-state index in [1.807, 2.05) is 0 Å². The third kappa shape index (κ3) is 4.34. The van der Waals surface area contributed by atoms with Crippen LogP contribution in [0, 0.1) is 0 Å². The molecule has 0 aromatic carbocycles. The summed E-state index contributed by atoms with van der Waals surface area (Å²) in [5.74, 6) is 0.826. The molecule has 0 fully saturated rings. The van der Waals surface area contributed by atoms with Crippen molar-refractivity contribution in [2.75, 3.05) is 37.6 Å². The number of pyridine rings is 1. The lowest BCUT2D eigenvalue weighted by Gasteiger charge is -2.22. The van der Waals surface area contributed by atoms with E-state index in [1.54, 1.807) is 12.0 Å². The third-order valence-corrected chi connectivity index (χ3v) is 2.49. The van der Waals surface area contributed by atoms with Crippen molar-refractivity contribution in [3.8, 4) is 0 Å². The van der Waals surface area contributed by atoms with Gasteiger partial charge < -0.3 is 9.64 Å². The zero-order chi connectivity index (χ0) is 13.6. The first-order valence-electron chi connectivity index (χ1n) is 5.32. The van der Waals surface area contributed by atoms with Crippen molar-refractivity contribution in [2.24, 2.45) is 0 Å². The van der Waals surface area contributed by atoms with Crippen LogP contribution in [-0.2, 0) is 10.9 Å². The van der Waals surface area contributed by atoms with Crippen molar-refractivity contribution in [3.63, 3.8) is 0 Å². The van der Waals surface area contributed by atoms with Gasteiger partial charge in [-0.1, -0.05) is 0 Å². The first-order chi connectivity index (χ1) is 8.49. The van der Waals surface area contributed by atoms with Gasteiger partial charge in [-0.2, -0.15) is 13.2 Å². The number of hydrogen-bond acceptors (Lipinski definition) is 3. The lowest BCUT2D eigenvalue weighted by Crippen LogP contribution is -2.30. The Balaban J connectivity index is 2.79. The van der Waals surface area contributed by atoms with Crippen LogP contribution in [0.2, 0.25) is 0 Å². The van der Waals surface area contributed by atoms with Crippen LogP contribution >= 0.6 is 11.6 Å². The summed E-state index contributed by atoms with van der Waals surface area (Å²) >= 11 is 5.64. The highest BCUT2D eigenvalue weighted by molar-refractivity contribution is 6.18. The van der Waals surface area contributed by atoms with Gasteiger partial charge in [-0.05, 0) is 12.1 Å². The molecule has 0 unspecified atom stereocenters. The van der Waals surface area contributed by atoms with Gasteiger partial charge in [-0.3, -0.25) is 0 Å². The molecule has 0 aliphatic heterocycles. The van der Waals surface area contributed by atoms with Crippen molar-refractivity contribution in [1.82, 2.24) is 4.98 Å². The molecule has 7 heteroatoms. The van der Waals surface area contributed by atoms with Crippen LogP contribution in [0.3, 0.4) is 0 Å². The van der Waals surface area contributed by atoms with Crippen LogP contribution in [0.15, 0.2) is 18.3 Å². The highest BCUT2D eigenvalue weighted by Crippen LogP contribution is 2.29. The Morgan fingerprint density at radius 1 is 1.33 bits per heavy atom. The zero-order valence-electron chi connectivity index (χ0n) is 9.88. The number of hydrogen-bond donors (Lipinski definition) is 0. The zero-order valence-corrected chi connectivity index (χ0v) is 10.6. The maximum Gasteiger partial charge on any atom is 0.417 e. The fourth-order valence-corrected chi connectivity index (χ4v) is 1.59. The second-order valence-corrected chi connectivity index (χ2v) is 3.95. The predicted octanol–water partition coefficient (Wildman–Crippen LogP) is 2.79. The fourth-order valence-electron chi connectivity index (χ4n) is 1.39. The van der Waals surface area contributed by atoms with Crippen molar-refractivity contribution < 1.29 is 17.9 Å². The maximum atomic E-state index is 12.4. The van der Waals surface area contributed by atoms with Gasteiger partial charge in [0.1, 0.15) is 5.82 Å². The SMILES string of the molecule is COCCN(CCCl)c1ccc(C(F)(F)F)cn1. The summed E-state index contributed by atoms with van der Waals surface area (Å²) in [6.45, 7) is 1.49. The Labute approximate surface area is 109 Å². The molecule has 0 radical (unpaired) electrons. The van der Waals surface area contributed by atoms with Gasteiger partial charge in [-0.25, -0.2) is 4.98 Å². The first kappa shape index (κ1) is 15.0. The summed E-state index contributed by atoms with van der Waals surface area (Å²) in [6.07, 6.45) is -3.54. The molecule has 0 saturated heterocycles. The van der Waals surface area contributed by atoms with E-state index in [9.17, 15) is 13.2 Å². The minimum Gasteiger partial charge on any atom is -0.383 e. The number of halogens is 4. The van der Waals surface area contributed by atoms with Crippen LogP contribution in [0.5, 0.6) is 0 Å². The Hall–Kier alpha value is -1.01. The third-order valence-electron chi connectivity index (χ3n) is 2.32. The van der Waals surface area contributed by atoms with E-state index in [0.717, 1.165) is 12.3 Å². The Bertz CT molecular complexity index is 356. The normalized spacial score (nSPS) is 11.6. The predicted molar refractivity (Wildman–Crippen MR) is 64.0 cm³/mol. The summed E-state index contributed by atoms with van der Waals surface area (Å²) in [4.78, 5) is 5.58. The van der Waals surface area contributed by atoms with Crippen LogP contribution < -0.4 is 4.90 Å². The molecule has 1 aromatic rings. The van der Waals surface area contributed by atoms with E-state index in [4.69, 9.17) is 16.3 Å². The minimum absolute atomic E-state index is 0.367. The van der Waals surface area contributed by atoms with E-state index >= 15 is 0 Å². The number of alkyl halides is 4. The van der Waals surface area contributed by atoms with Gasteiger partial charge in [0.25, 0.3) is 0 Å². The van der Waals surface area contributed by atoms with Crippen molar-refractivity contribution >= 4 is 17.4 Å². The van der Waals surface area contributed by atoms with Crippen molar-refractivity contribution in [3.05, 3.63) is 23.9 Å². The average Bonchev–Trinajstić information content (AvgIpc) is 2.33. The minimum atomic E-state index is -4.37. The molecular formula is C11H14ClF3N2O. The van der Waals surface area contributed by atoms with Crippen LogP contribution in [0.25, 0.3) is 0 Å². The molecule has 0 aliphatic rings. The number of rotatable bonds is 6. The summed E-state index contributed by atoms with van der Waals surface area (Å²) < 4.78 is 42.1. The molecule has 1 rings (SSSR count). The van der Waals surface area contributed by atoms with Crippen molar-refractivity contribution in [1.29, 1.82) is 0 Å². The molecule has 0 N–H and O–H groups in total. The molecule has 1 aromatic heterocycles. The summed E-state index contributed by atoms with van der Waals surface area (Å²) in [7, 11) is 1.55. The number of anilines is 1. The van der Waals surface area contributed by atoms with E-state index in [0.29, 0.717) is 31.4 Å². The van der Waals surface area contributed by atoms with Gasteiger partial charge in [0.05, 0.1) is 12.2 Å². The number of ether oxygens (including phenoxy) is 1. The highest BCUT2D eigenvalue weighted by atomic mass is 35.5. The number of nitrogens with zero attached hydrogens (tertiary/aromatic N) is 2. The smallest absolute Gasteiger partial charge is 0.383 e. The van der Waals surface area contributed by atoms with Gasteiger partial charge in [0.2, 0.25) is 0 Å². The Kier molecular flexibility index (Phi) is 5.68. The van der Waals surface area contributed by atoms with Crippen LogP contribution in [0.4, 0.5) is 19.0 Å². The fraction of sp³-hybridized carbons (Fsp3) is 0.545.